The molecule has 1 saturated heterocycles. The Labute approximate surface area is 181 Å². The van der Waals surface area contributed by atoms with Crippen molar-refractivity contribution < 1.29 is 9.34 Å². The number of furan rings is 1. The lowest BCUT2D eigenvalue weighted by molar-refractivity contribution is -0.384. The number of nitro benzene ring substituents is 1. The Bertz CT molecular complexity index is 805. The van der Waals surface area contributed by atoms with Crippen LogP contribution >= 0.6 is 11.8 Å². The highest BCUT2D eigenvalue weighted by atomic mass is 32.2. The predicted octanol–water partition coefficient (Wildman–Crippen LogP) is 3.42. The van der Waals surface area contributed by atoms with E-state index in [1.807, 2.05) is 12.1 Å². The van der Waals surface area contributed by atoms with Gasteiger partial charge in [0.1, 0.15) is 5.76 Å². The molecule has 0 saturated carbocycles. The quantitative estimate of drug-likeness (QED) is 0.196. The van der Waals surface area contributed by atoms with Gasteiger partial charge in [0.15, 0.2) is 5.96 Å². The molecular weight excluding hydrogens is 402 g/mol. The van der Waals surface area contributed by atoms with E-state index in [1.165, 1.54) is 25.0 Å². The van der Waals surface area contributed by atoms with Crippen LogP contribution in [0.1, 0.15) is 30.2 Å². The summed E-state index contributed by atoms with van der Waals surface area (Å²) in [5.74, 6) is 2.67. The highest BCUT2D eigenvalue weighted by Crippen LogP contribution is 2.24. The molecule has 2 heterocycles. The Kier molecular flexibility index (Phi) is 8.58. The molecule has 1 atom stereocenters. The Morgan fingerprint density at radius 3 is 2.67 bits per heavy atom. The summed E-state index contributed by atoms with van der Waals surface area (Å²) in [6, 6.07) is 10.6. The Morgan fingerprint density at radius 2 is 2.03 bits per heavy atom. The van der Waals surface area contributed by atoms with Gasteiger partial charge in [0.25, 0.3) is 5.69 Å². The molecule has 0 aliphatic carbocycles. The summed E-state index contributed by atoms with van der Waals surface area (Å²) in [5.41, 5.74) is 1.01. The second-order valence-electron chi connectivity index (χ2n) is 7.16. The summed E-state index contributed by atoms with van der Waals surface area (Å²) < 4.78 is 5.70. The van der Waals surface area contributed by atoms with Crippen LogP contribution in [0.2, 0.25) is 0 Å². The van der Waals surface area contributed by atoms with Crippen LogP contribution in [0, 0.1) is 10.1 Å². The first-order valence-electron chi connectivity index (χ1n) is 10.2. The van der Waals surface area contributed by atoms with Crippen LogP contribution in [0.3, 0.4) is 0 Å². The van der Waals surface area contributed by atoms with E-state index in [2.05, 4.69) is 26.8 Å². The van der Waals surface area contributed by atoms with Crippen LogP contribution < -0.4 is 10.6 Å². The van der Waals surface area contributed by atoms with E-state index in [-0.39, 0.29) is 11.7 Å². The normalized spacial score (nSPS) is 15.8. The van der Waals surface area contributed by atoms with Crippen LogP contribution in [0.15, 0.2) is 52.1 Å². The average Bonchev–Trinajstić information content (AvgIpc) is 3.47. The average molecular weight is 432 g/mol. The highest BCUT2D eigenvalue weighted by Gasteiger charge is 2.25. The molecule has 1 fully saturated rings. The third-order valence-corrected chi connectivity index (χ3v) is 5.69. The zero-order chi connectivity index (χ0) is 21.2. The van der Waals surface area contributed by atoms with E-state index in [1.54, 1.807) is 30.2 Å². The van der Waals surface area contributed by atoms with Gasteiger partial charge in [0, 0.05) is 31.0 Å². The number of nitrogens with one attached hydrogen (secondary N) is 2. The lowest BCUT2D eigenvalue weighted by atomic mass is 10.2. The first-order valence-corrected chi connectivity index (χ1v) is 11.6. The zero-order valence-corrected chi connectivity index (χ0v) is 18.1. The third-order valence-electron chi connectivity index (χ3n) is 5.08. The Balaban J connectivity index is 1.65. The lowest BCUT2D eigenvalue weighted by Gasteiger charge is -2.26. The Morgan fingerprint density at radius 1 is 1.27 bits per heavy atom. The number of hydrogen-bond acceptors (Lipinski definition) is 6. The number of benzene rings is 1. The van der Waals surface area contributed by atoms with Gasteiger partial charge in [0.05, 0.1) is 23.8 Å². The molecule has 1 aromatic heterocycles. The first kappa shape index (κ1) is 22.2. The van der Waals surface area contributed by atoms with Crippen molar-refractivity contribution in [1.82, 2.24) is 15.5 Å². The molecule has 0 amide bonds. The molecule has 30 heavy (non-hydrogen) atoms. The number of non-ortho nitro benzene ring substituents is 1. The van der Waals surface area contributed by atoms with Gasteiger partial charge < -0.3 is 15.1 Å². The van der Waals surface area contributed by atoms with E-state index >= 15 is 0 Å². The fourth-order valence-electron chi connectivity index (χ4n) is 3.48. The molecule has 8 nitrogen and oxygen atoms in total. The van der Waals surface area contributed by atoms with E-state index in [4.69, 9.17) is 4.42 Å². The molecule has 1 unspecified atom stereocenters. The minimum Gasteiger partial charge on any atom is -0.468 e. The largest absolute Gasteiger partial charge is 0.468 e. The van der Waals surface area contributed by atoms with Crippen molar-refractivity contribution in [2.24, 2.45) is 4.99 Å². The van der Waals surface area contributed by atoms with Crippen LogP contribution in [-0.2, 0) is 6.54 Å². The molecule has 9 heteroatoms. The summed E-state index contributed by atoms with van der Waals surface area (Å²) in [4.78, 5) is 17.6. The van der Waals surface area contributed by atoms with Gasteiger partial charge in [-0.25, -0.2) is 4.99 Å². The number of thioether (sulfide) groups is 1. The van der Waals surface area contributed by atoms with Gasteiger partial charge in [-0.2, -0.15) is 11.8 Å². The number of aliphatic imine (C=N–C) groups is 1. The highest BCUT2D eigenvalue weighted by molar-refractivity contribution is 7.98. The number of hydrogen-bond donors (Lipinski definition) is 2. The molecule has 2 N–H and O–H groups in total. The van der Waals surface area contributed by atoms with E-state index in [0.717, 1.165) is 42.7 Å². The summed E-state index contributed by atoms with van der Waals surface area (Å²) in [5, 5.41) is 17.7. The molecule has 1 aliphatic rings. The number of likely N-dealkylation sites (tertiary alicyclic amines) is 1. The van der Waals surface area contributed by atoms with Crippen molar-refractivity contribution in [3.05, 3.63) is 64.1 Å². The van der Waals surface area contributed by atoms with Crippen LogP contribution in [0.5, 0.6) is 0 Å². The number of nitrogens with zero attached hydrogens (tertiary/aromatic N) is 3. The monoisotopic (exact) mass is 431 g/mol. The fraction of sp³-hybridized carbons (Fsp3) is 0.476. The zero-order valence-electron chi connectivity index (χ0n) is 17.3. The first-order chi connectivity index (χ1) is 14.7. The van der Waals surface area contributed by atoms with Crippen molar-refractivity contribution in [1.29, 1.82) is 0 Å². The van der Waals surface area contributed by atoms with Gasteiger partial charge in [-0.15, -0.1) is 0 Å². The van der Waals surface area contributed by atoms with Crippen molar-refractivity contribution in [2.75, 3.05) is 38.2 Å². The molecule has 0 bridgehead atoms. The standard InChI is InChI=1S/C21H29N5O3S/c1-30-14-10-22-21(23-15-17-6-8-18(9-7-17)26(27)28)24-16-19(20-5-4-13-29-20)25-11-2-3-12-25/h4-9,13,19H,2-3,10-12,14-16H2,1H3,(H2,22,23,24). The van der Waals surface area contributed by atoms with Gasteiger partial charge >= 0.3 is 0 Å². The summed E-state index contributed by atoms with van der Waals surface area (Å²) >= 11 is 1.77. The number of nitro groups is 1. The summed E-state index contributed by atoms with van der Waals surface area (Å²) in [6.45, 7) is 4.09. The molecule has 0 spiro atoms. The van der Waals surface area contributed by atoms with E-state index < -0.39 is 4.92 Å². The van der Waals surface area contributed by atoms with Gasteiger partial charge in [0.2, 0.25) is 0 Å². The molecule has 3 rings (SSSR count). The van der Waals surface area contributed by atoms with Crippen LogP contribution in [0.4, 0.5) is 5.69 Å². The second kappa shape index (κ2) is 11.6. The van der Waals surface area contributed by atoms with Crippen molar-refractivity contribution in [2.45, 2.75) is 25.4 Å². The molecular formula is C21H29N5O3S. The van der Waals surface area contributed by atoms with Gasteiger partial charge in [-0.1, -0.05) is 12.1 Å². The molecule has 1 aliphatic heterocycles. The smallest absolute Gasteiger partial charge is 0.269 e. The maximum atomic E-state index is 10.8. The topological polar surface area (TPSA) is 95.9 Å². The van der Waals surface area contributed by atoms with E-state index in [0.29, 0.717) is 13.1 Å². The molecule has 2 aromatic rings. The maximum Gasteiger partial charge on any atom is 0.269 e. The third kappa shape index (κ3) is 6.50. The minimum atomic E-state index is -0.392. The van der Waals surface area contributed by atoms with Crippen LogP contribution in [-0.4, -0.2) is 54.0 Å². The van der Waals surface area contributed by atoms with Crippen molar-refractivity contribution >= 4 is 23.4 Å². The molecule has 0 radical (unpaired) electrons. The maximum absolute atomic E-state index is 10.8. The summed E-state index contributed by atoms with van der Waals surface area (Å²) in [7, 11) is 0. The fourth-order valence-corrected chi connectivity index (χ4v) is 3.78. The summed E-state index contributed by atoms with van der Waals surface area (Å²) in [6.07, 6.45) is 6.22. The Hall–Kier alpha value is -2.52. The van der Waals surface area contributed by atoms with Gasteiger partial charge in [-0.3, -0.25) is 15.0 Å². The van der Waals surface area contributed by atoms with Crippen molar-refractivity contribution in [3.8, 4) is 0 Å². The molecule has 162 valence electrons. The van der Waals surface area contributed by atoms with Crippen molar-refractivity contribution in [3.63, 3.8) is 0 Å². The lowest BCUT2D eigenvalue weighted by Crippen LogP contribution is -2.43. The SMILES string of the molecule is CSCCNC(=NCc1ccc([N+](=O)[O-])cc1)NCC(c1ccco1)N1CCCC1. The molecule has 1 aromatic carbocycles. The predicted molar refractivity (Wildman–Crippen MR) is 121 cm³/mol. The minimum absolute atomic E-state index is 0.0890. The van der Waals surface area contributed by atoms with E-state index in [9.17, 15) is 10.1 Å². The number of guanidine groups is 1. The number of rotatable bonds is 10. The second-order valence-corrected chi connectivity index (χ2v) is 8.15. The van der Waals surface area contributed by atoms with Gasteiger partial charge in [-0.05, 0) is 49.9 Å². The van der Waals surface area contributed by atoms with Crippen LogP contribution in [0.25, 0.3) is 0 Å².